The van der Waals surface area contributed by atoms with Crippen molar-refractivity contribution in [2.75, 3.05) is 36.0 Å². The molecule has 1 saturated heterocycles. The van der Waals surface area contributed by atoms with Crippen LogP contribution in [0.25, 0.3) is 0 Å². The molecule has 0 unspecified atom stereocenters. The first-order valence-electron chi connectivity index (χ1n) is 8.62. The summed E-state index contributed by atoms with van der Waals surface area (Å²) in [6.07, 6.45) is 3.92. The minimum absolute atomic E-state index is 0.0738. The lowest BCUT2D eigenvalue weighted by atomic mass is 10.0. The molecule has 6 nitrogen and oxygen atoms in total. The zero-order valence-electron chi connectivity index (χ0n) is 15.2. The van der Waals surface area contributed by atoms with E-state index >= 15 is 0 Å². The summed E-state index contributed by atoms with van der Waals surface area (Å²) in [6, 6.07) is 0.429. The third-order valence-corrected chi connectivity index (χ3v) is 3.86. The molecule has 0 bridgehead atoms. The molecule has 0 radical (unpaired) electrons. The van der Waals surface area contributed by atoms with Crippen molar-refractivity contribution in [3.8, 4) is 0 Å². The summed E-state index contributed by atoms with van der Waals surface area (Å²) in [5, 5.41) is 6.80. The Bertz CT molecular complexity index is 500. The number of rotatable bonds is 5. The molecule has 1 aromatic heterocycles. The number of hydrogen-bond acceptors (Lipinski definition) is 6. The molecule has 23 heavy (non-hydrogen) atoms. The third-order valence-electron chi connectivity index (χ3n) is 3.86. The van der Waals surface area contributed by atoms with Crippen molar-refractivity contribution < 1.29 is 0 Å². The van der Waals surface area contributed by atoms with Crippen LogP contribution in [-0.2, 0) is 0 Å². The van der Waals surface area contributed by atoms with Gasteiger partial charge in [0, 0.05) is 31.2 Å². The Labute approximate surface area is 140 Å². The quantitative estimate of drug-likeness (QED) is 0.774. The average molecular weight is 320 g/mol. The third kappa shape index (κ3) is 5.86. The highest BCUT2D eigenvalue weighted by Gasteiger charge is 2.21. The fourth-order valence-corrected chi connectivity index (χ4v) is 2.87. The zero-order chi connectivity index (χ0) is 17.0. The van der Waals surface area contributed by atoms with Gasteiger partial charge in [0.2, 0.25) is 5.95 Å². The number of aromatic nitrogens is 2. The highest BCUT2D eigenvalue weighted by atomic mass is 15.2. The van der Waals surface area contributed by atoms with Crippen LogP contribution in [0.4, 0.5) is 17.5 Å². The smallest absolute Gasteiger partial charge is 0.225 e. The Morgan fingerprint density at radius 2 is 1.96 bits per heavy atom. The first-order valence-corrected chi connectivity index (χ1v) is 8.62. The van der Waals surface area contributed by atoms with Crippen molar-refractivity contribution in [2.45, 2.75) is 59.0 Å². The number of piperidine rings is 1. The minimum atomic E-state index is -0.0738. The van der Waals surface area contributed by atoms with Gasteiger partial charge in [-0.15, -0.1) is 0 Å². The predicted molar refractivity (Wildman–Crippen MR) is 97.7 cm³/mol. The lowest BCUT2D eigenvalue weighted by Gasteiger charge is -2.33. The Morgan fingerprint density at radius 3 is 2.52 bits per heavy atom. The van der Waals surface area contributed by atoms with Gasteiger partial charge >= 0.3 is 0 Å². The van der Waals surface area contributed by atoms with Gasteiger partial charge in [-0.1, -0.05) is 13.8 Å². The van der Waals surface area contributed by atoms with E-state index in [-0.39, 0.29) is 5.54 Å². The number of likely N-dealkylation sites (tertiary alicyclic amines) is 1. The van der Waals surface area contributed by atoms with Crippen molar-refractivity contribution in [1.29, 1.82) is 0 Å². The van der Waals surface area contributed by atoms with E-state index in [4.69, 9.17) is 5.73 Å². The van der Waals surface area contributed by atoms with E-state index < -0.39 is 0 Å². The molecule has 0 spiro atoms. The van der Waals surface area contributed by atoms with E-state index in [2.05, 4.69) is 60.1 Å². The fraction of sp³-hybridized carbons (Fsp3) is 0.765. The molecule has 0 aromatic carbocycles. The summed E-state index contributed by atoms with van der Waals surface area (Å²) in [4.78, 5) is 11.4. The van der Waals surface area contributed by atoms with Gasteiger partial charge in [-0.25, -0.2) is 4.98 Å². The van der Waals surface area contributed by atoms with Crippen molar-refractivity contribution in [1.82, 2.24) is 14.9 Å². The summed E-state index contributed by atoms with van der Waals surface area (Å²) in [5.74, 6) is 2.09. The second-order valence-electron chi connectivity index (χ2n) is 7.99. The van der Waals surface area contributed by atoms with Gasteiger partial charge in [0.25, 0.3) is 0 Å². The molecule has 0 aliphatic carbocycles. The van der Waals surface area contributed by atoms with Crippen molar-refractivity contribution in [2.24, 2.45) is 5.92 Å². The van der Waals surface area contributed by atoms with Gasteiger partial charge in [0.05, 0.1) is 11.9 Å². The van der Waals surface area contributed by atoms with E-state index in [0.29, 0.717) is 17.7 Å². The molecule has 1 fully saturated rings. The molecule has 1 aromatic rings. The van der Waals surface area contributed by atoms with E-state index in [0.717, 1.165) is 37.7 Å². The van der Waals surface area contributed by atoms with Crippen LogP contribution in [0, 0.1) is 5.92 Å². The van der Waals surface area contributed by atoms with E-state index in [1.807, 2.05) is 0 Å². The molecule has 0 saturated carbocycles. The summed E-state index contributed by atoms with van der Waals surface area (Å²) < 4.78 is 0. The maximum absolute atomic E-state index is 6.04. The summed E-state index contributed by atoms with van der Waals surface area (Å²) in [7, 11) is 0. The highest BCUT2D eigenvalue weighted by molar-refractivity contribution is 5.62. The molecular formula is C17H32N6. The number of anilines is 3. The number of hydrogen-bond donors (Lipinski definition) is 3. The van der Waals surface area contributed by atoms with Crippen LogP contribution in [0.3, 0.4) is 0 Å². The number of nitrogens with two attached hydrogens (primary N) is 1. The monoisotopic (exact) mass is 320 g/mol. The Balaban J connectivity index is 1.94. The van der Waals surface area contributed by atoms with Crippen LogP contribution in [0.15, 0.2) is 6.20 Å². The average Bonchev–Trinajstić information content (AvgIpc) is 2.42. The van der Waals surface area contributed by atoms with Crippen LogP contribution in [0.1, 0.15) is 47.5 Å². The fourth-order valence-electron chi connectivity index (χ4n) is 2.87. The van der Waals surface area contributed by atoms with E-state index in [9.17, 15) is 0 Å². The SMILES string of the molecule is CC(C)CN1CCC(Nc2nc(NC(C)(C)C)ncc2N)CC1. The molecule has 0 atom stereocenters. The maximum Gasteiger partial charge on any atom is 0.225 e. The largest absolute Gasteiger partial charge is 0.394 e. The van der Waals surface area contributed by atoms with Crippen LogP contribution in [-0.4, -0.2) is 46.1 Å². The first kappa shape index (κ1) is 17.8. The Kier molecular flexibility index (Phi) is 5.68. The number of nitrogen functional groups attached to an aromatic ring is 1. The highest BCUT2D eigenvalue weighted by Crippen LogP contribution is 2.22. The molecule has 130 valence electrons. The maximum atomic E-state index is 6.04. The van der Waals surface area contributed by atoms with Crippen molar-refractivity contribution >= 4 is 17.5 Å². The zero-order valence-corrected chi connectivity index (χ0v) is 15.2. The number of nitrogens with one attached hydrogen (secondary N) is 2. The van der Waals surface area contributed by atoms with E-state index in [1.165, 1.54) is 6.54 Å². The summed E-state index contributed by atoms with van der Waals surface area (Å²) in [6.45, 7) is 14.3. The van der Waals surface area contributed by atoms with Crippen LogP contribution < -0.4 is 16.4 Å². The Morgan fingerprint density at radius 1 is 1.30 bits per heavy atom. The Hall–Kier alpha value is -1.56. The van der Waals surface area contributed by atoms with Crippen LogP contribution >= 0.6 is 0 Å². The molecule has 1 aliphatic heterocycles. The van der Waals surface area contributed by atoms with Gasteiger partial charge in [-0.05, 0) is 39.5 Å². The van der Waals surface area contributed by atoms with Gasteiger partial charge in [-0.3, -0.25) is 0 Å². The predicted octanol–water partition coefficient (Wildman–Crippen LogP) is 2.80. The van der Waals surface area contributed by atoms with Crippen LogP contribution in [0.5, 0.6) is 0 Å². The molecule has 2 heterocycles. The van der Waals surface area contributed by atoms with Crippen LogP contribution in [0.2, 0.25) is 0 Å². The second-order valence-corrected chi connectivity index (χ2v) is 7.99. The van der Waals surface area contributed by atoms with Gasteiger partial charge in [0.1, 0.15) is 0 Å². The molecular weight excluding hydrogens is 288 g/mol. The lowest BCUT2D eigenvalue weighted by Crippen LogP contribution is -2.40. The number of nitrogens with zero attached hydrogens (tertiary/aromatic N) is 3. The molecule has 6 heteroatoms. The topological polar surface area (TPSA) is 79.1 Å². The summed E-state index contributed by atoms with van der Waals surface area (Å²) >= 11 is 0. The van der Waals surface area contributed by atoms with Crippen molar-refractivity contribution in [3.05, 3.63) is 6.20 Å². The summed E-state index contributed by atoms with van der Waals surface area (Å²) in [5.41, 5.74) is 6.57. The molecule has 2 rings (SSSR count). The standard InChI is InChI=1S/C17H32N6/c1-12(2)11-23-8-6-13(7-9-23)20-15-14(18)10-19-16(21-15)22-17(3,4)5/h10,12-13H,6-9,11,18H2,1-5H3,(H2,19,20,21,22). The second kappa shape index (κ2) is 7.34. The lowest BCUT2D eigenvalue weighted by molar-refractivity contribution is 0.198. The molecule has 4 N–H and O–H groups in total. The molecule has 1 aliphatic rings. The van der Waals surface area contributed by atoms with Gasteiger partial charge in [0.15, 0.2) is 5.82 Å². The van der Waals surface area contributed by atoms with Gasteiger partial charge in [-0.2, -0.15) is 4.98 Å². The van der Waals surface area contributed by atoms with Gasteiger partial charge < -0.3 is 21.3 Å². The molecule has 0 amide bonds. The minimum Gasteiger partial charge on any atom is -0.394 e. The van der Waals surface area contributed by atoms with Crippen molar-refractivity contribution in [3.63, 3.8) is 0 Å². The first-order chi connectivity index (χ1) is 10.7. The van der Waals surface area contributed by atoms with E-state index in [1.54, 1.807) is 6.20 Å². The normalized spacial score (nSPS) is 17.5.